The molecular formula is C11H14F3N3O5S. The Hall–Kier alpha value is -1.47. The van der Waals surface area contributed by atoms with Crippen molar-refractivity contribution in [2.24, 2.45) is 0 Å². The van der Waals surface area contributed by atoms with E-state index in [2.05, 4.69) is 10.3 Å². The molecule has 130 valence electrons. The maximum absolute atomic E-state index is 12.8. The average molecular weight is 357 g/mol. The molecule has 4 atom stereocenters. The highest BCUT2D eigenvalue weighted by Gasteiger charge is 2.40. The fourth-order valence-corrected chi connectivity index (χ4v) is 2.96. The molecule has 1 aliphatic rings. The number of rotatable bonds is 5. The van der Waals surface area contributed by atoms with Crippen molar-refractivity contribution in [3.05, 3.63) is 5.69 Å². The van der Waals surface area contributed by atoms with Gasteiger partial charge in [-0.1, -0.05) is 11.3 Å². The van der Waals surface area contributed by atoms with Crippen LogP contribution in [-0.4, -0.2) is 64.3 Å². The number of anilines is 2. The Morgan fingerprint density at radius 3 is 2.65 bits per heavy atom. The van der Waals surface area contributed by atoms with Gasteiger partial charge in [0.05, 0.1) is 19.3 Å². The number of hydrogen-bond donors (Lipinski definition) is 5. The van der Waals surface area contributed by atoms with E-state index in [0.29, 0.717) is 11.3 Å². The lowest BCUT2D eigenvalue weighted by Gasteiger charge is -2.37. The fourth-order valence-electron chi connectivity index (χ4n) is 2.05. The van der Waals surface area contributed by atoms with Gasteiger partial charge in [0.1, 0.15) is 23.3 Å². The van der Waals surface area contributed by atoms with Crippen LogP contribution >= 0.6 is 11.3 Å². The Morgan fingerprint density at radius 2 is 2.09 bits per heavy atom. The summed E-state index contributed by atoms with van der Waals surface area (Å²) in [6, 6.07) is -0.927. The first-order chi connectivity index (χ1) is 10.8. The third-order valence-corrected chi connectivity index (χ3v) is 4.13. The van der Waals surface area contributed by atoms with Crippen molar-refractivity contribution in [3.8, 4) is 0 Å². The maximum Gasteiger partial charge on any atom is 0.436 e. The number of aliphatic hydroxyl groups excluding tert-OH is 3. The highest BCUT2D eigenvalue weighted by Crippen LogP contribution is 2.39. The lowest BCUT2D eigenvalue weighted by Crippen LogP contribution is -2.56. The molecule has 0 bridgehead atoms. The molecule has 12 heteroatoms. The third kappa shape index (κ3) is 3.90. The molecule has 0 aliphatic carbocycles. The van der Waals surface area contributed by atoms with Crippen LogP contribution in [0.5, 0.6) is 0 Å². The first-order valence-corrected chi connectivity index (χ1v) is 7.23. The summed E-state index contributed by atoms with van der Waals surface area (Å²) in [6.45, 7) is -0.658. The second-order valence-electron chi connectivity index (χ2n) is 4.74. The number of hydrogen-bond acceptors (Lipinski definition) is 8. The number of ether oxygens (including phenoxy) is 1. The smallest absolute Gasteiger partial charge is 0.394 e. The Kier molecular flexibility index (Phi) is 5.41. The minimum Gasteiger partial charge on any atom is -0.394 e. The lowest BCUT2D eigenvalue weighted by molar-refractivity contribution is -0.152. The normalized spacial score (nSPS) is 28.4. The number of aromatic nitrogens is 1. The van der Waals surface area contributed by atoms with Gasteiger partial charge in [0.2, 0.25) is 6.41 Å². The Bertz CT molecular complexity index is 555. The molecule has 0 radical (unpaired) electrons. The fraction of sp³-hybridized carbons (Fsp3) is 0.636. The molecule has 5 N–H and O–H groups in total. The van der Waals surface area contributed by atoms with E-state index < -0.39 is 47.8 Å². The van der Waals surface area contributed by atoms with E-state index in [1.165, 1.54) is 0 Å². The molecule has 1 aromatic rings. The Balaban J connectivity index is 2.16. The van der Waals surface area contributed by atoms with E-state index in [9.17, 15) is 28.2 Å². The third-order valence-electron chi connectivity index (χ3n) is 3.21. The molecule has 0 saturated carbocycles. The second-order valence-corrected chi connectivity index (χ2v) is 5.74. The standard InChI is InChI=1S/C11H14F3N3O5S/c12-11(13,14)8-9(15-3-19)23-10(17-8)16-4-2-22-5(1-18)7(21)6(4)20/h3-7,18,20-21H,1-2H2,(H,15,19)(H,16,17)/t4-,5+,6+,7-/m0/s1. The maximum atomic E-state index is 12.8. The summed E-state index contributed by atoms with van der Waals surface area (Å²) >= 11 is 0.532. The van der Waals surface area contributed by atoms with Crippen molar-refractivity contribution in [2.75, 3.05) is 23.8 Å². The largest absolute Gasteiger partial charge is 0.436 e. The van der Waals surface area contributed by atoms with E-state index in [1.54, 1.807) is 0 Å². The van der Waals surface area contributed by atoms with Crippen LogP contribution in [0.4, 0.5) is 23.3 Å². The molecule has 0 spiro atoms. The molecule has 1 aliphatic heterocycles. The summed E-state index contributed by atoms with van der Waals surface area (Å²) < 4.78 is 43.6. The summed E-state index contributed by atoms with van der Waals surface area (Å²) in [5.74, 6) is 0. The molecule has 0 aromatic carbocycles. The predicted octanol–water partition coefficient (Wildman–Crippen LogP) is -0.376. The molecule has 8 nitrogen and oxygen atoms in total. The van der Waals surface area contributed by atoms with Gasteiger partial charge < -0.3 is 30.7 Å². The molecule has 1 saturated heterocycles. The summed E-state index contributed by atoms with van der Waals surface area (Å²) in [5.41, 5.74) is -1.27. The summed E-state index contributed by atoms with van der Waals surface area (Å²) in [7, 11) is 0. The highest BCUT2D eigenvalue weighted by atomic mass is 32.1. The van der Waals surface area contributed by atoms with Gasteiger partial charge in [-0.3, -0.25) is 4.79 Å². The van der Waals surface area contributed by atoms with Crippen LogP contribution in [0.2, 0.25) is 0 Å². The van der Waals surface area contributed by atoms with Gasteiger partial charge in [-0.15, -0.1) is 0 Å². The lowest BCUT2D eigenvalue weighted by atomic mass is 9.99. The zero-order valence-corrected chi connectivity index (χ0v) is 12.3. The Morgan fingerprint density at radius 1 is 1.39 bits per heavy atom. The summed E-state index contributed by atoms with van der Waals surface area (Å²) in [4.78, 5) is 13.7. The van der Waals surface area contributed by atoms with Gasteiger partial charge in [0, 0.05) is 0 Å². The molecule has 2 rings (SSSR count). The van der Waals surface area contributed by atoms with Crippen molar-refractivity contribution in [1.82, 2.24) is 4.98 Å². The predicted molar refractivity (Wildman–Crippen MR) is 73.1 cm³/mol. The van der Waals surface area contributed by atoms with E-state index in [4.69, 9.17) is 9.84 Å². The average Bonchev–Trinajstić information content (AvgIpc) is 2.88. The molecule has 1 amide bonds. The monoisotopic (exact) mass is 357 g/mol. The first-order valence-electron chi connectivity index (χ1n) is 6.41. The van der Waals surface area contributed by atoms with Crippen molar-refractivity contribution in [2.45, 2.75) is 30.5 Å². The van der Waals surface area contributed by atoms with Crippen LogP contribution in [0, 0.1) is 0 Å². The highest BCUT2D eigenvalue weighted by molar-refractivity contribution is 7.19. The summed E-state index contributed by atoms with van der Waals surface area (Å²) in [6.07, 6.45) is -8.41. The van der Waals surface area contributed by atoms with E-state index in [0.717, 1.165) is 0 Å². The number of nitrogens with one attached hydrogen (secondary N) is 2. The minimum atomic E-state index is -4.76. The molecule has 1 aromatic heterocycles. The van der Waals surface area contributed by atoms with Gasteiger partial charge >= 0.3 is 6.18 Å². The topological polar surface area (TPSA) is 124 Å². The second kappa shape index (κ2) is 6.97. The number of alkyl halides is 3. The van der Waals surface area contributed by atoms with Gasteiger partial charge in [-0.25, -0.2) is 4.98 Å². The van der Waals surface area contributed by atoms with Crippen molar-refractivity contribution in [3.63, 3.8) is 0 Å². The molecule has 1 fully saturated rings. The van der Waals surface area contributed by atoms with Crippen molar-refractivity contribution >= 4 is 27.9 Å². The number of halogens is 3. The minimum absolute atomic E-state index is 0.0979. The SMILES string of the molecule is O=CNc1sc(N[C@H]2CO[C@H](CO)[C@H](O)[C@@H]2O)nc1C(F)(F)F. The number of amides is 1. The first kappa shape index (κ1) is 17.9. The van der Waals surface area contributed by atoms with Gasteiger partial charge in [-0.2, -0.15) is 13.2 Å². The van der Waals surface area contributed by atoms with Gasteiger partial charge in [0.15, 0.2) is 10.8 Å². The molecule has 2 heterocycles. The van der Waals surface area contributed by atoms with Crippen LogP contribution in [0.1, 0.15) is 5.69 Å². The van der Waals surface area contributed by atoms with Crippen LogP contribution in [0.3, 0.4) is 0 Å². The van der Waals surface area contributed by atoms with Gasteiger partial charge in [-0.05, 0) is 0 Å². The van der Waals surface area contributed by atoms with E-state index >= 15 is 0 Å². The quantitative estimate of drug-likeness (QED) is 0.455. The number of nitrogens with zero attached hydrogens (tertiary/aromatic N) is 1. The van der Waals surface area contributed by atoms with E-state index in [1.807, 2.05) is 5.32 Å². The number of carbonyl (C=O) groups is 1. The zero-order chi connectivity index (χ0) is 17.2. The number of carbonyl (C=O) groups excluding carboxylic acids is 1. The number of aliphatic hydroxyl groups is 3. The number of thiazole rings is 1. The van der Waals surface area contributed by atoms with E-state index in [-0.39, 0.29) is 18.1 Å². The zero-order valence-electron chi connectivity index (χ0n) is 11.4. The molecule has 23 heavy (non-hydrogen) atoms. The van der Waals surface area contributed by atoms with Crippen molar-refractivity contribution < 1.29 is 38.0 Å². The molecule has 0 unspecified atom stereocenters. The Labute approximate surface area is 131 Å². The summed E-state index contributed by atoms with van der Waals surface area (Å²) in [5, 5.41) is 32.3. The van der Waals surface area contributed by atoms with Crippen LogP contribution in [0.15, 0.2) is 0 Å². The van der Waals surface area contributed by atoms with Gasteiger partial charge in [0.25, 0.3) is 0 Å². The molecular weight excluding hydrogens is 343 g/mol. The van der Waals surface area contributed by atoms with Crippen molar-refractivity contribution in [1.29, 1.82) is 0 Å². The van der Waals surface area contributed by atoms with Crippen LogP contribution in [0.25, 0.3) is 0 Å². The van der Waals surface area contributed by atoms with Crippen LogP contribution < -0.4 is 10.6 Å². The van der Waals surface area contributed by atoms with Crippen LogP contribution in [-0.2, 0) is 15.7 Å².